The summed E-state index contributed by atoms with van der Waals surface area (Å²) in [6.45, 7) is 0. The number of halogens is 1. The highest BCUT2D eigenvalue weighted by molar-refractivity contribution is 9.10. The Morgan fingerprint density at radius 1 is 0.917 bits per heavy atom. The molecule has 0 bridgehead atoms. The van der Waals surface area contributed by atoms with Crippen LogP contribution >= 0.6 is 15.9 Å². The normalized spacial score (nSPS) is 11.9. The average Bonchev–Trinajstić information content (AvgIpc) is 2.62. The lowest BCUT2D eigenvalue weighted by atomic mass is 9.86. The molecule has 0 spiro atoms. The van der Waals surface area contributed by atoms with Gasteiger partial charge in [-0.3, -0.25) is 4.79 Å². The van der Waals surface area contributed by atoms with Crippen molar-refractivity contribution in [2.45, 2.75) is 12.3 Å². The minimum absolute atomic E-state index is 0.0207. The van der Waals surface area contributed by atoms with Gasteiger partial charge in [0.2, 0.25) is 0 Å². The van der Waals surface area contributed by atoms with Gasteiger partial charge in [0, 0.05) is 34.5 Å². The molecule has 0 N–H and O–H groups in total. The first-order valence-corrected chi connectivity index (χ1v) is 8.45. The van der Waals surface area contributed by atoms with E-state index in [0.29, 0.717) is 16.7 Å². The molecule has 1 unspecified atom stereocenters. The summed E-state index contributed by atoms with van der Waals surface area (Å²) >= 11 is 3.45. The van der Waals surface area contributed by atoms with Crippen LogP contribution in [-0.2, 0) is 0 Å². The molecule has 1 atom stereocenters. The van der Waals surface area contributed by atoms with Crippen LogP contribution in [0.2, 0.25) is 0 Å². The van der Waals surface area contributed by atoms with E-state index >= 15 is 0 Å². The number of ketones is 1. The van der Waals surface area contributed by atoms with E-state index in [4.69, 9.17) is 0 Å². The third kappa shape index (κ3) is 3.89. The topological polar surface area (TPSA) is 44.0 Å². The molecule has 4 heteroatoms. The molecule has 120 valence electrons. The van der Waals surface area contributed by atoms with Gasteiger partial charge in [0.05, 0.1) is 0 Å². The van der Waals surface area contributed by atoms with Crippen molar-refractivity contribution in [3.05, 3.63) is 105 Å². The maximum Gasteiger partial charge on any atom is 0.181 e. The largest absolute Gasteiger partial charge is 0.619 e. The zero-order valence-electron chi connectivity index (χ0n) is 12.9. The fourth-order valence-electron chi connectivity index (χ4n) is 2.71. The maximum absolute atomic E-state index is 12.7. The quantitative estimate of drug-likeness (QED) is 0.371. The highest BCUT2D eigenvalue weighted by Crippen LogP contribution is 2.30. The van der Waals surface area contributed by atoms with E-state index in [2.05, 4.69) is 15.9 Å². The number of benzene rings is 2. The first kappa shape index (κ1) is 16.4. The molecule has 0 saturated heterocycles. The maximum atomic E-state index is 12.7. The van der Waals surface area contributed by atoms with Crippen molar-refractivity contribution in [2.24, 2.45) is 0 Å². The van der Waals surface area contributed by atoms with E-state index in [1.807, 2.05) is 54.6 Å². The summed E-state index contributed by atoms with van der Waals surface area (Å²) in [5.74, 6) is -0.00115. The van der Waals surface area contributed by atoms with Crippen molar-refractivity contribution in [1.29, 1.82) is 0 Å². The summed E-state index contributed by atoms with van der Waals surface area (Å²) in [5, 5.41) is 11.1. The molecule has 1 heterocycles. The molecule has 0 amide bonds. The number of pyridine rings is 1. The molecule has 0 saturated carbocycles. The SMILES string of the molecule is O=C(CC(c1ccccc1)c1ccc(Br)cc1)c1cc[n+]([O-])cc1. The fourth-order valence-corrected chi connectivity index (χ4v) is 2.97. The first-order chi connectivity index (χ1) is 11.6. The number of Topliss-reactive ketones (excluding diaryl/α,β-unsaturated/α-hetero) is 1. The van der Waals surface area contributed by atoms with Crippen molar-refractivity contribution in [2.75, 3.05) is 0 Å². The highest BCUT2D eigenvalue weighted by atomic mass is 79.9. The van der Waals surface area contributed by atoms with Gasteiger partial charge in [-0.2, -0.15) is 4.73 Å². The molecular weight excluding hydrogens is 366 g/mol. The molecule has 0 aliphatic carbocycles. The van der Waals surface area contributed by atoms with Gasteiger partial charge in [0.1, 0.15) is 0 Å². The number of carbonyl (C=O) groups excluding carboxylic acids is 1. The van der Waals surface area contributed by atoms with Crippen molar-refractivity contribution in [3.8, 4) is 0 Å². The fraction of sp³-hybridized carbons (Fsp3) is 0.100. The van der Waals surface area contributed by atoms with E-state index in [1.165, 1.54) is 12.4 Å². The van der Waals surface area contributed by atoms with Crippen LogP contribution in [0.4, 0.5) is 0 Å². The van der Waals surface area contributed by atoms with Crippen LogP contribution in [-0.4, -0.2) is 5.78 Å². The van der Waals surface area contributed by atoms with Gasteiger partial charge in [0.15, 0.2) is 18.2 Å². The van der Waals surface area contributed by atoms with Gasteiger partial charge in [-0.15, -0.1) is 0 Å². The van der Waals surface area contributed by atoms with E-state index < -0.39 is 0 Å². The predicted octanol–water partition coefficient (Wildman–Crippen LogP) is 4.49. The third-order valence-corrected chi connectivity index (χ3v) is 4.52. The van der Waals surface area contributed by atoms with Crippen LogP contribution in [0.1, 0.15) is 33.8 Å². The second kappa shape index (κ2) is 7.41. The number of hydrogen-bond acceptors (Lipinski definition) is 2. The molecule has 24 heavy (non-hydrogen) atoms. The summed E-state index contributed by atoms with van der Waals surface area (Å²) in [4.78, 5) is 12.7. The zero-order valence-corrected chi connectivity index (χ0v) is 14.5. The Bertz CT molecular complexity index is 815. The second-order valence-corrected chi connectivity index (χ2v) is 6.50. The van der Waals surface area contributed by atoms with Crippen LogP contribution in [0.5, 0.6) is 0 Å². The Balaban J connectivity index is 1.91. The van der Waals surface area contributed by atoms with Crippen molar-refractivity contribution in [3.63, 3.8) is 0 Å². The molecule has 0 fully saturated rings. The summed E-state index contributed by atoms with van der Waals surface area (Å²) < 4.78 is 1.69. The van der Waals surface area contributed by atoms with E-state index in [9.17, 15) is 10.0 Å². The Labute approximate surface area is 149 Å². The Morgan fingerprint density at radius 2 is 1.50 bits per heavy atom. The number of rotatable bonds is 5. The number of carbonyl (C=O) groups is 1. The van der Waals surface area contributed by atoms with E-state index in [1.54, 1.807) is 12.1 Å². The van der Waals surface area contributed by atoms with Gasteiger partial charge in [-0.05, 0) is 23.3 Å². The van der Waals surface area contributed by atoms with Gasteiger partial charge < -0.3 is 5.21 Å². The van der Waals surface area contributed by atoms with Crippen molar-refractivity contribution < 1.29 is 9.52 Å². The molecule has 3 rings (SSSR count). The van der Waals surface area contributed by atoms with Crippen LogP contribution in [0.3, 0.4) is 0 Å². The number of hydrogen-bond donors (Lipinski definition) is 0. The average molecular weight is 382 g/mol. The molecular formula is C20H16BrNO2. The predicted molar refractivity (Wildman–Crippen MR) is 96.8 cm³/mol. The number of aromatic nitrogens is 1. The monoisotopic (exact) mass is 381 g/mol. The van der Waals surface area contributed by atoms with Crippen LogP contribution in [0.25, 0.3) is 0 Å². The van der Waals surface area contributed by atoms with Gasteiger partial charge in [0.25, 0.3) is 0 Å². The molecule has 1 aromatic heterocycles. The zero-order chi connectivity index (χ0) is 16.9. The number of nitrogens with zero attached hydrogens (tertiary/aromatic N) is 1. The second-order valence-electron chi connectivity index (χ2n) is 5.59. The molecule has 0 radical (unpaired) electrons. The van der Waals surface area contributed by atoms with Crippen molar-refractivity contribution >= 4 is 21.7 Å². The standard InChI is InChI=1S/C20H16BrNO2/c21-18-8-6-16(7-9-18)19(15-4-2-1-3-5-15)14-20(23)17-10-12-22(24)13-11-17/h1-13,19H,14H2. The lowest BCUT2D eigenvalue weighted by Crippen LogP contribution is -2.24. The van der Waals surface area contributed by atoms with Gasteiger partial charge in [-0.1, -0.05) is 58.4 Å². The minimum Gasteiger partial charge on any atom is -0.619 e. The lowest BCUT2D eigenvalue weighted by molar-refractivity contribution is -0.605. The molecule has 0 aliphatic rings. The Hall–Kier alpha value is -2.46. The third-order valence-electron chi connectivity index (χ3n) is 3.99. The summed E-state index contributed by atoms with van der Waals surface area (Å²) in [7, 11) is 0. The van der Waals surface area contributed by atoms with Crippen molar-refractivity contribution in [1.82, 2.24) is 0 Å². The van der Waals surface area contributed by atoms with E-state index in [-0.39, 0.29) is 11.7 Å². The summed E-state index contributed by atoms with van der Waals surface area (Å²) in [6, 6.07) is 21.2. The molecule has 2 aromatic carbocycles. The van der Waals surface area contributed by atoms with Crippen LogP contribution < -0.4 is 4.73 Å². The molecule has 3 nitrogen and oxygen atoms in total. The Morgan fingerprint density at radius 3 is 2.12 bits per heavy atom. The summed E-state index contributed by atoms with van der Waals surface area (Å²) in [6.07, 6.45) is 3.06. The summed E-state index contributed by atoms with van der Waals surface area (Å²) in [5.41, 5.74) is 2.75. The lowest BCUT2D eigenvalue weighted by Gasteiger charge is -2.17. The van der Waals surface area contributed by atoms with Crippen LogP contribution in [0.15, 0.2) is 83.6 Å². The van der Waals surface area contributed by atoms with E-state index in [0.717, 1.165) is 15.6 Å². The molecule has 3 aromatic rings. The Kier molecular flexibility index (Phi) is 5.06. The first-order valence-electron chi connectivity index (χ1n) is 7.66. The smallest absolute Gasteiger partial charge is 0.181 e. The minimum atomic E-state index is -0.0219. The van der Waals surface area contributed by atoms with Crippen LogP contribution in [0, 0.1) is 5.21 Å². The highest BCUT2D eigenvalue weighted by Gasteiger charge is 2.19. The molecule has 0 aliphatic heterocycles. The van der Waals surface area contributed by atoms with Gasteiger partial charge in [-0.25, -0.2) is 0 Å². The van der Waals surface area contributed by atoms with Gasteiger partial charge >= 0.3 is 0 Å².